The highest BCUT2D eigenvalue weighted by molar-refractivity contribution is 6.29. The van der Waals surface area contributed by atoms with Gasteiger partial charge in [0.1, 0.15) is 38.3 Å². The molecule has 9 nitrogen and oxygen atoms in total. The SMILES string of the molecule is O=C1c2ccccc2C(=O)c2cc(OCCOCOCOCCOc3ccc4c(c3)C(=O)c3ccccc3C4=O)ccc21. The molecule has 0 saturated heterocycles. The minimum absolute atomic E-state index is 0.0133. The largest absolute Gasteiger partial charge is 0.491 e. The van der Waals surface area contributed by atoms with E-state index in [1.165, 1.54) is 0 Å². The van der Waals surface area contributed by atoms with Crippen LogP contribution in [0.25, 0.3) is 0 Å². The Kier molecular flexibility index (Phi) is 8.19. The number of hydrogen-bond donors (Lipinski definition) is 0. The molecule has 0 bridgehead atoms. The lowest BCUT2D eigenvalue weighted by Crippen LogP contribution is -2.21. The van der Waals surface area contributed by atoms with E-state index in [0.717, 1.165) is 0 Å². The maximum Gasteiger partial charge on any atom is 0.194 e. The van der Waals surface area contributed by atoms with Gasteiger partial charge in [-0.1, -0.05) is 48.5 Å². The molecular formula is C34H26O9. The first-order valence-electron chi connectivity index (χ1n) is 13.7. The smallest absolute Gasteiger partial charge is 0.194 e. The number of fused-ring (bicyclic) bond motifs is 4. The lowest BCUT2D eigenvalue weighted by molar-refractivity contribution is -0.135. The zero-order valence-electron chi connectivity index (χ0n) is 23.0. The molecule has 0 unspecified atom stereocenters. The molecule has 0 radical (unpaired) electrons. The van der Waals surface area contributed by atoms with Crippen molar-refractivity contribution < 1.29 is 42.9 Å². The molecule has 0 amide bonds. The van der Waals surface area contributed by atoms with Gasteiger partial charge in [0, 0.05) is 44.5 Å². The Balaban J connectivity index is 0.865. The fourth-order valence-corrected chi connectivity index (χ4v) is 5.04. The van der Waals surface area contributed by atoms with Crippen LogP contribution in [0.15, 0.2) is 84.9 Å². The van der Waals surface area contributed by atoms with Crippen LogP contribution in [0.5, 0.6) is 11.5 Å². The van der Waals surface area contributed by atoms with Crippen LogP contribution in [0.4, 0.5) is 0 Å². The molecule has 216 valence electrons. The van der Waals surface area contributed by atoms with Crippen LogP contribution in [0.2, 0.25) is 0 Å². The summed E-state index contributed by atoms with van der Waals surface area (Å²) in [6, 6.07) is 23.3. The van der Waals surface area contributed by atoms with Gasteiger partial charge in [0.2, 0.25) is 0 Å². The van der Waals surface area contributed by atoms with Gasteiger partial charge >= 0.3 is 0 Å². The molecular weight excluding hydrogens is 552 g/mol. The van der Waals surface area contributed by atoms with Crippen LogP contribution >= 0.6 is 0 Å². The number of rotatable bonds is 12. The number of ether oxygens (including phenoxy) is 5. The summed E-state index contributed by atoms with van der Waals surface area (Å²) < 4.78 is 27.4. The van der Waals surface area contributed by atoms with Crippen molar-refractivity contribution in [3.8, 4) is 11.5 Å². The zero-order chi connectivity index (χ0) is 29.8. The highest BCUT2D eigenvalue weighted by Crippen LogP contribution is 2.31. The highest BCUT2D eigenvalue weighted by atomic mass is 16.7. The van der Waals surface area contributed by atoms with Crippen molar-refractivity contribution >= 4 is 23.1 Å². The summed E-state index contributed by atoms with van der Waals surface area (Å²) >= 11 is 0. The van der Waals surface area contributed by atoms with Gasteiger partial charge in [-0.25, -0.2) is 0 Å². The van der Waals surface area contributed by atoms with Gasteiger partial charge < -0.3 is 23.7 Å². The van der Waals surface area contributed by atoms with Crippen LogP contribution < -0.4 is 9.47 Å². The molecule has 4 aromatic rings. The maximum atomic E-state index is 12.8. The van der Waals surface area contributed by atoms with Crippen molar-refractivity contribution in [2.24, 2.45) is 0 Å². The number of carbonyl (C=O) groups is 4. The zero-order valence-corrected chi connectivity index (χ0v) is 23.0. The fourth-order valence-electron chi connectivity index (χ4n) is 5.04. The van der Waals surface area contributed by atoms with Crippen LogP contribution in [0.1, 0.15) is 63.7 Å². The summed E-state index contributed by atoms with van der Waals surface area (Å²) in [5, 5.41) is 0. The molecule has 9 heteroatoms. The summed E-state index contributed by atoms with van der Waals surface area (Å²) in [4.78, 5) is 51.1. The van der Waals surface area contributed by atoms with E-state index in [1.54, 1.807) is 84.9 Å². The Bertz CT molecular complexity index is 1610. The Hall–Kier alpha value is -4.96. The predicted molar refractivity (Wildman–Crippen MR) is 153 cm³/mol. The van der Waals surface area contributed by atoms with Gasteiger partial charge in [-0.15, -0.1) is 0 Å². The van der Waals surface area contributed by atoms with E-state index in [1.807, 2.05) is 0 Å². The molecule has 43 heavy (non-hydrogen) atoms. The minimum Gasteiger partial charge on any atom is -0.491 e. The number of ketones is 4. The molecule has 2 aliphatic rings. The second kappa shape index (κ2) is 12.5. The first-order valence-corrected chi connectivity index (χ1v) is 13.7. The van der Waals surface area contributed by atoms with Crippen LogP contribution in [-0.4, -0.2) is 63.1 Å². The molecule has 0 aromatic heterocycles. The van der Waals surface area contributed by atoms with E-state index in [0.29, 0.717) is 56.0 Å². The van der Waals surface area contributed by atoms with Crippen LogP contribution in [0, 0.1) is 0 Å². The molecule has 6 rings (SSSR count). The molecule has 4 aromatic carbocycles. The Morgan fingerprint density at radius 1 is 0.372 bits per heavy atom. The van der Waals surface area contributed by atoms with E-state index in [2.05, 4.69) is 0 Å². The van der Waals surface area contributed by atoms with Gasteiger partial charge in [0.25, 0.3) is 0 Å². The van der Waals surface area contributed by atoms with E-state index in [9.17, 15) is 19.2 Å². The van der Waals surface area contributed by atoms with Crippen LogP contribution in [0.3, 0.4) is 0 Å². The second-order valence-corrected chi connectivity index (χ2v) is 9.78. The van der Waals surface area contributed by atoms with Gasteiger partial charge in [0.05, 0.1) is 13.2 Å². The first-order chi connectivity index (χ1) is 21.0. The third-order valence-corrected chi connectivity index (χ3v) is 7.12. The normalized spacial score (nSPS) is 13.2. The van der Waals surface area contributed by atoms with Gasteiger partial charge in [-0.3, -0.25) is 19.2 Å². The predicted octanol–water partition coefficient (Wildman–Crippen LogP) is 4.66. The molecule has 0 atom stereocenters. The summed E-state index contributed by atoms with van der Waals surface area (Å²) in [6.07, 6.45) is 0. The molecule has 0 saturated carbocycles. The number of hydrogen-bond acceptors (Lipinski definition) is 9. The topological polar surface area (TPSA) is 114 Å². The van der Waals surface area contributed by atoms with Crippen molar-refractivity contribution in [1.29, 1.82) is 0 Å². The fraction of sp³-hybridized carbons (Fsp3) is 0.176. The lowest BCUT2D eigenvalue weighted by Gasteiger charge is -2.18. The minimum atomic E-state index is -0.203. The summed E-state index contributed by atoms with van der Waals surface area (Å²) in [7, 11) is 0. The monoisotopic (exact) mass is 578 g/mol. The van der Waals surface area contributed by atoms with E-state index in [-0.39, 0.29) is 63.1 Å². The Morgan fingerprint density at radius 3 is 1.12 bits per heavy atom. The number of carbonyl (C=O) groups excluding carboxylic acids is 4. The highest BCUT2D eigenvalue weighted by Gasteiger charge is 2.30. The Morgan fingerprint density at radius 2 is 0.721 bits per heavy atom. The average Bonchev–Trinajstić information content (AvgIpc) is 3.05. The third-order valence-electron chi connectivity index (χ3n) is 7.12. The lowest BCUT2D eigenvalue weighted by atomic mass is 9.84. The summed E-state index contributed by atoms with van der Waals surface area (Å²) in [6.45, 7) is 0.882. The molecule has 0 spiro atoms. The van der Waals surface area contributed by atoms with E-state index >= 15 is 0 Å². The molecule has 2 aliphatic carbocycles. The van der Waals surface area contributed by atoms with E-state index < -0.39 is 0 Å². The molecule has 0 heterocycles. The van der Waals surface area contributed by atoms with Gasteiger partial charge in [0.15, 0.2) is 23.1 Å². The average molecular weight is 579 g/mol. The number of benzene rings is 4. The maximum absolute atomic E-state index is 12.8. The molecule has 0 aliphatic heterocycles. The van der Waals surface area contributed by atoms with Crippen molar-refractivity contribution in [3.05, 3.63) is 129 Å². The van der Waals surface area contributed by atoms with Crippen molar-refractivity contribution in [2.45, 2.75) is 0 Å². The van der Waals surface area contributed by atoms with Crippen molar-refractivity contribution in [3.63, 3.8) is 0 Å². The van der Waals surface area contributed by atoms with Gasteiger partial charge in [-0.2, -0.15) is 0 Å². The van der Waals surface area contributed by atoms with E-state index in [4.69, 9.17) is 23.7 Å². The van der Waals surface area contributed by atoms with Crippen molar-refractivity contribution in [2.75, 3.05) is 40.0 Å². The summed E-state index contributed by atoms with van der Waals surface area (Å²) in [5.74, 6) is 0.173. The quantitative estimate of drug-likeness (QED) is 0.151. The van der Waals surface area contributed by atoms with Crippen molar-refractivity contribution in [1.82, 2.24) is 0 Å². The standard InChI is InChI=1S/C34H26O9/c35-31-23-5-1-3-7-25(23)33(37)29-17-21(9-11-27(29)31)42-15-13-39-19-41-20-40-14-16-43-22-10-12-28-30(18-22)34(38)26-8-4-2-6-24(26)32(28)36/h1-12,17-18H,13-16,19-20H2. The Labute approximate surface area is 246 Å². The third kappa shape index (κ3) is 5.74. The second-order valence-electron chi connectivity index (χ2n) is 9.78. The van der Waals surface area contributed by atoms with Crippen LogP contribution in [-0.2, 0) is 14.2 Å². The summed E-state index contributed by atoms with van der Waals surface area (Å²) in [5.41, 5.74) is 3.00. The molecule has 0 fully saturated rings. The molecule has 0 N–H and O–H groups in total. The first kappa shape index (κ1) is 28.2. The van der Waals surface area contributed by atoms with Gasteiger partial charge in [-0.05, 0) is 36.4 Å².